The molecule has 3 aromatic rings. The van der Waals surface area contributed by atoms with Gasteiger partial charge in [-0.05, 0) is 116 Å². The largest absolute Gasteiger partial charge is 0.491 e. The highest BCUT2D eigenvalue weighted by atomic mass is 79.9. The predicted molar refractivity (Wildman–Crippen MR) is 147 cm³/mol. The molecule has 36 heavy (non-hydrogen) atoms. The van der Waals surface area contributed by atoms with Crippen molar-refractivity contribution < 1.29 is 23.5 Å². The number of benzene rings is 3. The summed E-state index contributed by atoms with van der Waals surface area (Å²) >= 11 is 7.92. The fourth-order valence-corrected chi connectivity index (χ4v) is 5.81. The van der Waals surface area contributed by atoms with Crippen LogP contribution in [0.4, 0.5) is 9.18 Å². The third-order valence-corrected chi connectivity index (χ3v) is 7.49. The Morgan fingerprint density at radius 1 is 0.972 bits per heavy atom. The van der Waals surface area contributed by atoms with Crippen molar-refractivity contribution in [3.05, 3.63) is 96.5 Å². The van der Waals surface area contributed by atoms with Crippen molar-refractivity contribution in [1.29, 1.82) is 0 Å². The second kappa shape index (κ2) is 11.6. The van der Waals surface area contributed by atoms with E-state index in [1.54, 1.807) is 18.2 Å². The number of carbonyl (C=O) groups is 2. The van der Waals surface area contributed by atoms with E-state index >= 15 is 0 Å². The lowest BCUT2D eigenvalue weighted by Crippen LogP contribution is -2.32. The summed E-state index contributed by atoms with van der Waals surface area (Å²) in [6.45, 7) is 4.58. The first-order chi connectivity index (χ1) is 17.2. The molecular weight excluding hydrogens is 613 g/mol. The average molecular weight is 635 g/mol. The Labute approximate surface area is 229 Å². The number of nitrogens with zero attached hydrogens (tertiary/aromatic N) is 1. The number of thioether (sulfide) groups is 1. The van der Waals surface area contributed by atoms with Crippen LogP contribution in [0.25, 0.3) is 6.08 Å². The summed E-state index contributed by atoms with van der Waals surface area (Å²) in [7, 11) is 0. The Kier molecular flexibility index (Phi) is 8.54. The third kappa shape index (κ3) is 6.38. The lowest BCUT2D eigenvalue weighted by Gasteiger charge is -2.14. The van der Waals surface area contributed by atoms with Gasteiger partial charge in [-0.15, -0.1) is 0 Å². The smallest absolute Gasteiger partial charge is 0.293 e. The maximum absolute atomic E-state index is 13.1. The molecule has 0 bridgehead atoms. The number of halogens is 3. The first-order valence-electron chi connectivity index (χ1n) is 11.0. The summed E-state index contributed by atoms with van der Waals surface area (Å²) in [5.74, 6) is 0.671. The molecule has 5 nitrogen and oxygen atoms in total. The summed E-state index contributed by atoms with van der Waals surface area (Å²) in [5, 5.41) is -0.326. The molecule has 0 unspecified atom stereocenters. The van der Waals surface area contributed by atoms with Gasteiger partial charge in [0.25, 0.3) is 11.1 Å². The normalized spacial score (nSPS) is 14.6. The zero-order valence-electron chi connectivity index (χ0n) is 19.5. The molecule has 0 aliphatic carbocycles. The quantitative estimate of drug-likeness (QED) is 0.238. The highest BCUT2D eigenvalue weighted by Crippen LogP contribution is 2.38. The van der Waals surface area contributed by atoms with Gasteiger partial charge in [0.15, 0.2) is 0 Å². The van der Waals surface area contributed by atoms with Crippen LogP contribution in [0.3, 0.4) is 0 Å². The molecule has 1 heterocycles. The molecule has 1 aliphatic heterocycles. The van der Waals surface area contributed by atoms with Gasteiger partial charge in [-0.2, -0.15) is 0 Å². The molecule has 3 aromatic carbocycles. The van der Waals surface area contributed by atoms with E-state index in [0.717, 1.165) is 39.8 Å². The van der Waals surface area contributed by atoms with Crippen molar-refractivity contribution in [2.75, 3.05) is 13.2 Å². The second-order valence-electron chi connectivity index (χ2n) is 8.18. The van der Waals surface area contributed by atoms with Crippen molar-refractivity contribution in [3.8, 4) is 11.5 Å². The minimum atomic E-state index is -0.349. The Hall–Kier alpha value is -2.62. The molecule has 0 N–H and O–H groups in total. The topological polar surface area (TPSA) is 55.8 Å². The summed E-state index contributed by atoms with van der Waals surface area (Å²) in [5.41, 5.74) is 3.62. The van der Waals surface area contributed by atoms with Gasteiger partial charge < -0.3 is 9.47 Å². The highest BCUT2D eigenvalue weighted by Gasteiger charge is 2.35. The summed E-state index contributed by atoms with van der Waals surface area (Å²) < 4.78 is 26.2. The minimum Gasteiger partial charge on any atom is -0.491 e. The van der Waals surface area contributed by atoms with Crippen LogP contribution in [0, 0.1) is 19.7 Å². The Bertz CT molecular complexity index is 1320. The molecule has 1 saturated heterocycles. The van der Waals surface area contributed by atoms with E-state index in [1.807, 2.05) is 44.2 Å². The highest BCUT2D eigenvalue weighted by molar-refractivity contribution is 9.11. The number of hydrogen-bond donors (Lipinski definition) is 0. The summed E-state index contributed by atoms with van der Waals surface area (Å²) in [4.78, 5) is 26.9. The number of aryl methyl sites for hydroxylation is 2. The van der Waals surface area contributed by atoms with Crippen LogP contribution in [-0.2, 0) is 11.4 Å². The molecule has 4 rings (SSSR count). The van der Waals surface area contributed by atoms with E-state index in [2.05, 4.69) is 31.9 Å². The van der Waals surface area contributed by atoms with Gasteiger partial charge in [-0.1, -0.05) is 24.3 Å². The fourth-order valence-electron chi connectivity index (χ4n) is 3.49. The van der Waals surface area contributed by atoms with Crippen LogP contribution in [0.1, 0.15) is 22.3 Å². The number of rotatable bonds is 8. The molecule has 2 amide bonds. The molecule has 186 valence electrons. The van der Waals surface area contributed by atoms with E-state index in [4.69, 9.17) is 9.47 Å². The van der Waals surface area contributed by atoms with Crippen LogP contribution in [-0.4, -0.2) is 29.2 Å². The Morgan fingerprint density at radius 2 is 1.67 bits per heavy atom. The van der Waals surface area contributed by atoms with Crippen LogP contribution in [0.15, 0.2) is 68.4 Å². The average Bonchev–Trinajstić information content (AvgIpc) is 3.09. The lowest BCUT2D eigenvalue weighted by atomic mass is 10.1. The molecule has 0 saturated carbocycles. The van der Waals surface area contributed by atoms with E-state index in [9.17, 15) is 14.0 Å². The summed E-state index contributed by atoms with van der Waals surface area (Å²) in [6.07, 6.45) is 1.68. The van der Waals surface area contributed by atoms with Gasteiger partial charge in [0.2, 0.25) is 0 Å². The van der Waals surface area contributed by atoms with E-state index < -0.39 is 0 Å². The number of imide groups is 1. The van der Waals surface area contributed by atoms with Crippen LogP contribution in [0.2, 0.25) is 0 Å². The molecule has 0 radical (unpaired) electrons. The van der Waals surface area contributed by atoms with Crippen molar-refractivity contribution in [1.82, 2.24) is 4.90 Å². The monoisotopic (exact) mass is 633 g/mol. The SMILES string of the molecule is Cc1ccc(C)c(OCCN2C(=O)S/C(=C\c3cc(Br)c(OCc4ccc(F)cc4)c(Br)c3)C2=O)c1. The zero-order valence-corrected chi connectivity index (χ0v) is 23.5. The number of amides is 2. The van der Waals surface area contributed by atoms with Crippen molar-refractivity contribution in [3.63, 3.8) is 0 Å². The van der Waals surface area contributed by atoms with Gasteiger partial charge in [-0.3, -0.25) is 14.5 Å². The number of hydrogen-bond acceptors (Lipinski definition) is 5. The Morgan fingerprint density at radius 3 is 2.36 bits per heavy atom. The molecule has 9 heteroatoms. The third-order valence-electron chi connectivity index (χ3n) is 5.40. The maximum atomic E-state index is 13.1. The standard InChI is InChI=1S/C27H22Br2FNO4S/c1-16-3-4-17(2)23(11-16)34-10-9-31-26(32)24(36-27(31)33)14-19-12-21(28)25(22(29)13-19)35-15-18-5-7-20(30)8-6-18/h3-8,11-14H,9-10,15H2,1-2H3/b24-14-. The molecule has 0 atom stereocenters. The minimum absolute atomic E-state index is 0.166. The van der Waals surface area contributed by atoms with Gasteiger partial charge in [-0.25, -0.2) is 4.39 Å². The lowest BCUT2D eigenvalue weighted by molar-refractivity contribution is -0.123. The number of ether oxygens (including phenoxy) is 2. The fraction of sp³-hybridized carbons (Fsp3) is 0.185. The molecule has 1 aliphatic rings. The molecule has 0 spiro atoms. The zero-order chi connectivity index (χ0) is 25.8. The maximum Gasteiger partial charge on any atom is 0.293 e. The van der Waals surface area contributed by atoms with Gasteiger partial charge in [0, 0.05) is 0 Å². The first kappa shape index (κ1) is 26.4. The summed E-state index contributed by atoms with van der Waals surface area (Å²) in [6, 6.07) is 15.6. The molecule has 0 aromatic heterocycles. The van der Waals surface area contributed by atoms with Crippen LogP contribution < -0.4 is 9.47 Å². The van der Waals surface area contributed by atoms with Crippen LogP contribution in [0.5, 0.6) is 11.5 Å². The molecule has 1 fully saturated rings. The van der Waals surface area contributed by atoms with Crippen molar-refractivity contribution in [2.45, 2.75) is 20.5 Å². The number of carbonyl (C=O) groups excluding carboxylic acids is 2. The van der Waals surface area contributed by atoms with Gasteiger partial charge >= 0.3 is 0 Å². The van der Waals surface area contributed by atoms with E-state index in [-0.39, 0.29) is 36.7 Å². The van der Waals surface area contributed by atoms with Crippen LogP contribution >= 0.6 is 43.6 Å². The van der Waals surface area contributed by atoms with Crippen molar-refractivity contribution >= 4 is 60.8 Å². The Balaban J connectivity index is 1.41. The van der Waals surface area contributed by atoms with Gasteiger partial charge in [0.1, 0.15) is 30.5 Å². The second-order valence-corrected chi connectivity index (χ2v) is 10.9. The van der Waals surface area contributed by atoms with Gasteiger partial charge in [0.05, 0.1) is 20.4 Å². The predicted octanol–water partition coefficient (Wildman–Crippen LogP) is 7.66. The van der Waals surface area contributed by atoms with E-state index in [0.29, 0.717) is 19.6 Å². The van der Waals surface area contributed by atoms with E-state index in [1.165, 1.54) is 17.0 Å². The molecular formula is C27H22Br2FNO4S. The first-order valence-corrected chi connectivity index (χ1v) is 13.4. The van der Waals surface area contributed by atoms with Crippen molar-refractivity contribution in [2.24, 2.45) is 0 Å².